The van der Waals surface area contributed by atoms with Crippen LogP contribution in [-0.4, -0.2) is 36.8 Å². The van der Waals surface area contributed by atoms with Crippen LogP contribution < -0.4 is 11.5 Å². The molecule has 4 N–H and O–H groups in total. The van der Waals surface area contributed by atoms with Gasteiger partial charge >= 0.3 is 0 Å². The maximum Gasteiger partial charge on any atom is 0.246 e. The van der Waals surface area contributed by atoms with Crippen molar-refractivity contribution in [3.63, 3.8) is 0 Å². The molecular formula is C9H13ClN4O2S. The SMILES string of the molecule is Nc1ncc(Cl)cc1S(=O)(=O)N1CC[C@@H](N)C1. The molecule has 8 heteroatoms. The molecule has 0 bridgehead atoms. The van der Waals surface area contributed by atoms with Gasteiger partial charge < -0.3 is 11.5 Å². The van der Waals surface area contributed by atoms with Crippen molar-refractivity contribution < 1.29 is 8.42 Å². The molecular weight excluding hydrogens is 264 g/mol. The molecule has 94 valence electrons. The molecule has 1 aromatic rings. The van der Waals surface area contributed by atoms with E-state index in [0.717, 1.165) is 0 Å². The molecule has 1 aliphatic rings. The van der Waals surface area contributed by atoms with Crippen LogP contribution in [0.5, 0.6) is 0 Å². The number of nitrogens with zero attached hydrogens (tertiary/aromatic N) is 2. The van der Waals surface area contributed by atoms with Crippen LogP contribution in [0.1, 0.15) is 6.42 Å². The van der Waals surface area contributed by atoms with E-state index in [9.17, 15) is 8.42 Å². The van der Waals surface area contributed by atoms with Gasteiger partial charge in [0.1, 0.15) is 10.7 Å². The molecule has 2 rings (SSSR count). The number of halogens is 1. The lowest BCUT2D eigenvalue weighted by atomic mass is 10.3. The van der Waals surface area contributed by atoms with Gasteiger partial charge in [0, 0.05) is 25.3 Å². The van der Waals surface area contributed by atoms with Crippen molar-refractivity contribution >= 4 is 27.4 Å². The third-order valence-electron chi connectivity index (χ3n) is 2.65. The van der Waals surface area contributed by atoms with Gasteiger partial charge in [-0.2, -0.15) is 4.31 Å². The van der Waals surface area contributed by atoms with Gasteiger partial charge in [0.05, 0.1) is 5.02 Å². The fourth-order valence-corrected chi connectivity index (χ4v) is 3.58. The number of aromatic nitrogens is 1. The Morgan fingerprint density at radius 2 is 2.24 bits per heavy atom. The molecule has 6 nitrogen and oxygen atoms in total. The van der Waals surface area contributed by atoms with Crippen LogP contribution in [0.2, 0.25) is 5.02 Å². The van der Waals surface area contributed by atoms with E-state index in [1.54, 1.807) is 0 Å². The molecule has 1 aliphatic heterocycles. The maximum absolute atomic E-state index is 12.2. The smallest absolute Gasteiger partial charge is 0.246 e. The van der Waals surface area contributed by atoms with Gasteiger partial charge in [-0.1, -0.05) is 11.6 Å². The number of hydrogen-bond acceptors (Lipinski definition) is 5. The normalized spacial score (nSPS) is 21.9. The number of hydrogen-bond donors (Lipinski definition) is 2. The van der Waals surface area contributed by atoms with Crippen molar-refractivity contribution in [1.29, 1.82) is 0 Å². The number of anilines is 1. The van der Waals surface area contributed by atoms with Gasteiger partial charge in [-0.05, 0) is 12.5 Å². The summed E-state index contributed by atoms with van der Waals surface area (Å²) in [5.41, 5.74) is 11.3. The lowest BCUT2D eigenvalue weighted by Crippen LogP contribution is -2.32. The number of nitrogen functional groups attached to an aromatic ring is 1. The summed E-state index contributed by atoms with van der Waals surface area (Å²) in [6, 6.07) is 1.18. The van der Waals surface area contributed by atoms with Gasteiger partial charge in [0.25, 0.3) is 0 Å². The maximum atomic E-state index is 12.2. The molecule has 1 fully saturated rings. The molecule has 1 aromatic heterocycles. The second-order valence-corrected chi connectivity index (χ2v) is 6.29. The topological polar surface area (TPSA) is 102 Å². The monoisotopic (exact) mass is 276 g/mol. The van der Waals surface area contributed by atoms with Crippen LogP contribution >= 0.6 is 11.6 Å². The summed E-state index contributed by atoms with van der Waals surface area (Å²) in [5, 5.41) is 0.237. The Balaban J connectivity index is 2.41. The van der Waals surface area contributed by atoms with Crippen LogP contribution in [0.15, 0.2) is 17.2 Å². The van der Waals surface area contributed by atoms with E-state index in [0.29, 0.717) is 19.5 Å². The third-order valence-corrected chi connectivity index (χ3v) is 4.75. The van der Waals surface area contributed by atoms with Crippen molar-refractivity contribution in [1.82, 2.24) is 9.29 Å². The molecule has 0 spiro atoms. The standard InChI is InChI=1S/C9H13ClN4O2S/c10-6-3-8(9(12)13-4-6)17(15,16)14-2-1-7(11)5-14/h3-4,7H,1-2,5,11H2,(H2,12,13)/t7-/m1/s1. The fourth-order valence-electron chi connectivity index (χ4n) is 1.75. The summed E-state index contributed by atoms with van der Waals surface area (Å²) < 4.78 is 25.8. The van der Waals surface area contributed by atoms with Gasteiger partial charge in [-0.25, -0.2) is 13.4 Å². The van der Waals surface area contributed by atoms with E-state index in [4.69, 9.17) is 23.1 Å². The predicted octanol–water partition coefficient (Wildman–Crippen LogP) is 0.0389. The van der Waals surface area contributed by atoms with Crippen molar-refractivity contribution in [2.45, 2.75) is 17.4 Å². The van der Waals surface area contributed by atoms with E-state index in [1.165, 1.54) is 16.6 Å². The van der Waals surface area contributed by atoms with Crippen LogP contribution in [-0.2, 0) is 10.0 Å². The fraction of sp³-hybridized carbons (Fsp3) is 0.444. The summed E-state index contributed by atoms with van der Waals surface area (Å²) >= 11 is 5.73. The molecule has 0 saturated carbocycles. The first-order chi connectivity index (χ1) is 7.91. The quantitative estimate of drug-likeness (QED) is 0.794. The lowest BCUT2D eigenvalue weighted by molar-refractivity contribution is 0.472. The van der Waals surface area contributed by atoms with E-state index >= 15 is 0 Å². The lowest BCUT2D eigenvalue weighted by Gasteiger charge is -2.16. The Morgan fingerprint density at radius 1 is 1.53 bits per heavy atom. The highest BCUT2D eigenvalue weighted by Crippen LogP contribution is 2.25. The molecule has 1 atom stereocenters. The molecule has 17 heavy (non-hydrogen) atoms. The second kappa shape index (κ2) is 4.41. The number of sulfonamides is 1. The highest BCUT2D eigenvalue weighted by Gasteiger charge is 2.32. The van der Waals surface area contributed by atoms with E-state index in [2.05, 4.69) is 4.98 Å². The summed E-state index contributed by atoms with van der Waals surface area (Å²) in [4.78, 5) is 3.69. The largest absolute Gasteiger partial charge is 0.383 e. The van der Waals surface area contributed by atoms with Crippen molar-refractivity contribution in [2.24, 2.45) is 5.73 Å². The second-order valence-electron chi connectivity index (χ2n) is 3.95. The number of pyridine rings is 1. The minimum Gasteiger partial charge on any atom is -0.383 e. The average Bonchev–Trinajstić information content (AvgIpc) is 2.69. The zero-order valence-electron chi connectivity index (χ0n) is 9.01. The van der Waals surface area contributed by atoms with Gasteiger partial charge in [-0.15, -0.1) is 0 Å². The first kappa shape index (κ1) is 12.6. The summed E-state index contributed by atoms with van der Waals surface area (Å²) in [7, 11) is -3.64. The molecule has 0 amide bonds. The van der Waals surface area contributed by atoms with Crippen LogP contribution in [0.4, 0.5) is 5.82 Å². The molecule has 0 aromatic carbocycles. The van der Waals surface area contributed by atoms with Crippen molar-refractivity contribution in [3.05, 3.63) is 17.3 Å². The summed E-state index contributed by atoms with van der Waals surface area (Å²) in [6.45, 7) is 0.698. The summed E-state index contributed by atoms with van der Waals surface area (Å²) in [5.74, 6) is -0.0464. The Bertz CT molecular complexity index is 534. The van der Waals surface area contributed by atoms with Gasteiger partial charge in [0.2, 0.25) is 10.0 Å². The molecule has 1 saturated heterocycles. The minimum absolute atomic E-state index is 0.0464. The zero-order valence-corrected chi connectivity index (χ0v) is 10.6. The Hall–Kier alpha value is -0.890. The highest BCUT2D eigenvalue weighted by molar-refractivity contribution is 7.89. The van der Waals surface area contributed by atoms with E-state index < -0.39 is 10.0 Å². The zero-order chi connectivity index (χ0) is 12.6. The first-order valence-corrected chi connectivity index (χ1v) is 6.90. The highest BCUT2D eigenvalue weighted by atomic mass is 35.5. The van der Waals surface area contributed by atoms with Crippen LogP contribution in [0, 0.1) is 0 Å². The van der Waals surface area contributed by atoms with E-state index in [1.807, 2.05) is 0 Å². The molecule has 0 radical (unpaired) electrons. The number of rotatable bonds is 2. The third kappa shape index (κ3) is 2.37. The van der Waals surface area contributed by atoms with Gasteiger partial charge in [-0.3, -0.25) is 0 Å². The summed E-state index contributed by atoms with van der Waals surface area (Å²) in [6.07, 6.45) is 1.96. The average molecular weight is 277 g/mol. The van der Waals surface area contributed by atoms with Gasteiger partial charge in [0.15, 0.2) is 0 Å². The minimum atomic E-state index is -3.64. The number of nitrogens with two attached hydrogens (primary N) is 2. The van der Waals surface area contributed by atoms with Crippen LogP contribution in [0.3, 0.4) is 0 Å². The van der Waals surface area contributed by atoms with Crippen LogP contribution in [0.25, 0.3) is 0 Å². The predicted molar refractivity (Wildman–Crippen MR) is 65.0 cm³/mol. The Labute approximate surface area is 105 Å². The van der Waals surface area contributed by atoms with Crippen molar-refractivity contribution in [2.75, 3.05) is 18.8 Å². The molecule has 0 aliphatic carbocycles. The first-order valence-electron chi connectivity index (χ1n) is 5.08. The van der Waals surface area contributed by atoms with E-state index in [-0.39, 0.29) is 21.8 Å². The van der Waals surface area contributed by atoms with Crippen molar-refractivity contribution in [3.8, 4) is 0 Å². The Morgan fingerprint density at radius 3 is 2.82 bits per heavy atom. The molecule has 2 heterocycles. The molecule has 0 unspecified atom stereocenters. The Kier molecular flexibility index (Phi) is 3.26.